The Labute approximate surface area is 158 Å². The van der Waals surface area contributed by atoms with E-state index in [0.29, 0.717) is 11.5 Å². The summed E-state index contributed by atoms with van der Waals surface area (Å²) in [5, 5.41) is 0. The van der Waals surface area contributed by atoms with Gasteiger partial charge in [-0.3, -0.25) is 9.80 Å². The monoisotopic (exact) mass is 354 g/mol. The van der Waals surface area contributed by atoms with Gasteiger partial charge in [0.2, 0.25) is 0 Å². The second-order valence-corrected chi connectivity index (χ2v) is 10.0. The molecule has 0 aromatic carbocycles. The Kier molecular flexibility index (Phi) is 4.32. The van der Waals surface area contributed by atoms with Crippen molar-refractivity contribution in [2.45, 2.75) is 70.4 Å². The topological polar surface area (TPSA) is 32.3 Å². The fourth-order valence-corrected chi connectivity index (χ4v) is 6.84. The largest absolute Gasteiger partial charge is 0.296 e. The molecule has 4 saturated carbocycles. The van der Waals surface area contributed by atoms with E-state index in [4.69, 9.17) is 0 Å². The van der Waals surface area contributed by atoms with Crippen LogP contribution in [-0.2, 0) is 6.54 Å². The smallest absolute Gasteiger partial charge is 0.130 e. The third kappa shape index (κ3) is 3.09. The van der Waals surface area contributed by atoms with Crippen molar-refractivity contribution in [3.05, 3.63) is 23.8 Å². The first-order chi connectivity index (χ1) is 12.6. The molecule has 0 unspecified atom stereocenters. The Hall–Kier alpha value is -1.00. The highest BCUT2D eigenvalue weighted by Gasteiger charge is 2.53. The molecule has 142 valence electrons. The lowest BCUT2D eigenvalue weighted by Crippen LogP contribution is -2.63. The highest BCUT2D eigenvalue weighted by Crippen LogP contribution is 2.57. The molecule has 6 rings (SSSR count). The summed E-state index contributed by atoms with van der Waals surface area (Å²) in [5.74, 6) is 4.52. The molecule has 1 aromatic heterocycles. The van der Waals surface area contributed by atoms with Crippen LogP contribution in [0, 0.1) is 17.8 Å². The molecule has 1 saturated heterocycles. The molecule has 0 N–H and O–H groups in total. The van der Waals surface area contributed by atoms with Crippen molar-refractivity contribution in [2.75, 3.05) is 26.2 Å². The second kappa shape index (κ2) is 6.56. The summed E-state index contributed by atoms with van der Waals surface area (Å²) in [6.45, 7) is 10.2. The maximum Gasteiger partial charge on any atom is 0.130 e. The molecule has 4 nitrogen and oxygen atoms in total. The van der Waals surface area contributed by atoms with Crippen molar-refractivity contribution < 1.29 is 0 Å². The molecule has 4 heteroatoms. The van der Waals surface area contributed by atoms with Crippen molar-refractivity contribution in [1.82, 2.24) is 19.8 Å². The number of piperazine rings is 1. The van der Waals surface area contributed by atoms with Crippen LogP contribution < -0.4 is 0 Å². The van der Waals surface area contributed by atoms with Gasteiger partial charge in [0.1, 0.15) is 5.82 Å². The summed E-state index contributed by atoms with van der Waals surface area (Å²) in [4.78, 5) is 14.6. The predicted octanol–water partition coefficient (Wildman–Crippen LogP) is 3.69. The first-order valence-corrected chi connectivity index (χ1v) is 10.9. The number of hydrogen-bond acceptors (Lipinski definition) is 4. The Morgan fingerprint density at radius 3 is 1.96 bits per heavy atom. The Bertz CT molecular complexity index is 595. The highest BCUT2D eigenvalue weighted by molar-refractivity contribution is 5.09. The van der Waals surface area contributed by atoms with Gasteiger partial charge in [0.25, 0.3) is 0 Å². The van der Waals surface area contributed by atoms with Crippen LogP contribution in [-0.4, -0.2) is 51.5 Å². The van der Waals surface area contributed by atoms with E-state index in [1.165, 1.54) is 51.0 Å². The van der Waals surface area contributed by atoms with Crippen LogP contribution in [0.25, 0.3) is 0 Å². The molecule has 2 heterocycles. The molecule has 1 aliphatic heterocycles. The van der Waals surface area contributed by atoms with Crippen LogP contribution >= 0.6 is 0 Å². The predicted molar refractivity (Wildman–Crippen MR) is 104 cm³/mol. The van der Waals surface area contributed by atoms with Gasteiger partial charge < -0.3 is 0 Å². The van der Waals surface area contributed by atoms with Crippen molar-refractivity contribution >= 4 is 0 Å². The summed E-state index contributed by atoms with van der Waals surface area (Å²) >= 11 is 0. The molecule has 0 radical (unpaired) electrons. The molecular formula is C22H34N4. The molecule has 0 amide bonds. The minimum atomic E-state index is 0.410. The van der Waals surface area contributed by atoms with Gasteiger partial charge in [-0.15, -0.1) is 0 Å². The number of aromatic nitrogens is 2. The minimum absolute atomic E-state index is 0.410. The molecule has 1 aromatic rings. The Balaban J connectivity index is 1.19. The molecule has 0 atom stereocenters. The average Bonchev–Trinajstić information content (AvgIpc) is 2.61. The molecule has 5 fully saturated rings. The van der Waals surface area contributed by atoms with E-state index in [9.17, 15) is 0 Å². The van der Waals surface area contributed by atoms with Gasteiger partial charge in [0, 0.05) is 62.1 Å². The van der Waals surface area contributed by atoms with Gasteiger partial charge in [0.05, 0.1) is 0 Å². The van der Waals surface area contributed by atoms with Crippen LogP contribution in [0.3, 0.4) is 0 Å². The van der Waals surface area contributed by atoms with E-state index < -0.39 is 0 Å². The maximum absolute atomic E-state index is 4.54. The quantitative estimate of drug-likeness (QED) is 0.825. The molecule has 4 bridgehead atoms. The van der Waals surface area contributed by atoms with Crippen LogP contribution in [0.15, 0.2) is 12.4 Å². The summed E-state index contributed by atoms with van der Waals surface area (Å²) < 4.78 is 0. The third-order valence-electron chi connectivity index (χ3n) is 7.70. The van der Waals surface area contributed by atoms with Crippen molar-refractivity contribution in [3.8, 4) is 0 Å². The van der Waals surface area contributed by atoms with E-state index in [1.807, 2.05) is 12.4 Å². The maximum atomic E-state index is 4.54. The van der Waals surface area contributed by atoms with E-state index >= 15 is 0 Å². The van der Waals surface area contributed by atoms with Gasteiger partial charge in [-0.1, -0.05) is 13.8 Å². The van der Waals surface area contributed by atoms with E-state index in [0.717, 1.165) is 30.1 Å². The summed E-state index contributed by atoms with van der Waals surface area (Å²) in [6.07, 6.45) is 13.2. The zero-order chi connectivity index (χ0) is 17.7. The summed E-state index contributed by atoms with van der Waals surface area (Å²) in [5.41, 5.74) is 1.85. The zero-order valence-corrected chi connectivity index (χ0v) is 16.5. The summed E-state index contributed by atoms with van der Waals surface area (Å²) in [6, 6.07) is 0. The summed E-state index contributed by atoms with van der Waals surface area (Å²) in [7, 11) is 0. The highest BCUT2D eigenvalue weighted by atomic mass is 15.3. The fourth-order valence-electron chi connectivity index (χ4n) is 6.84. The van der Waals surface area contributed by atoms with Gasteiger partial charge in [0.15, 0.2) is 0 Å². The molecule has 0 spiro atoms. The first kappa shape index (κ1) is 17.1. The molecule has 4 aliphatic carbocycles. The van der Waals surface area contributed by atoms with Gasteiger partial charge in [-0.05, 0) is 56.3 Å². The molecule has 5 aliphatic rings. The van der Waals surface area contributed by atoms with Crippen molar-refractivity contribution in [1.29, 1.82) is 0 Å². The van der Waals surface area contributed by atoms with Crippen molar-refractivity contribution in [2.24, 2.45) is 17.8 Å². The van der Waals surface area contributed by atoms with Crippen LogP contribution in [0.4, 0.5) is 0 Å². The minimum Gasteiger partial charge on any atom is -0.296 e. The van der Waals surface area contributed by atoms with Crippen molar-refractivity contribution in [3.63, 3.8) is 0 Å². The fraction of sp³-hybridized carbons (Fsp3) is 0.818. The first-order valence-electron chi connectivity index (χ1n) is 10.9. The lowest BCUT2D eigenvalue weighted by molar-refractivity contribution is -0.101. The number of nitrogens with zero attached hydrogens (tertiary/aromatic N) is 4. The van der Waals surface area contributed by atoms with Gasteiger partial charge >= 0.3 is 0 Å². The zero-order valence-electron chi connectivity index (χ0n) is 16.5. The van der Waals surface area contributed by atoms with Gasteiger partial charge in [-0.25, -0.2) is 9.97 Å². The number of rotatable bonds is 4. The molecule has 26 heavy (non-hydrogen) atoms. The lowest BCUT2D eigenvalue weighted by atomic mass is 9.52. The lowest BCUT2D eigenvalue weighted by Gasteiger charge is -2.61. The van der Waals surface area contributed by atoms with Crippen LogP contribution in [0.5, 0.6) is 0 Å². The second-order valence-electron chi connectivity index (χ2n) is 10.0. The Morgan fingerprint density at radius 2 is 1.46 bits per heavy atom. The number of hydrogen-bond donors (Lipinski definition) is 0. The van der Waals surface area contributed by atoms with Crippen LogP contribution in [0.1, 0.15) is 69.7 Å². The standard InChI is InChI=1S/C22H34N4/c1-16(2)21-23-13-20(14-24-21)15-25-3-5-26(6-4-25)22-10-17-7-18(11-22)9-19(8-17)12-22/h13-14,16-19H,3-12,15H2,1-2H3. The average molecular weight is 355 g/mol. The van der Waals surface area contributed by atoms with Crippen LogP contribution in [0.2, 0.25) is 0 Å². The normalized spacial score (nSPS) is 37.6. The SMILES string of the molecule is CC(C)c1ncc(CN2CCN(C34CC5CC(CC(C5)C3)C4)CC2)cn1. The molecular weight excluding hydrogens is 320 g/mol. The third-order valence-corrected chi connectivity index (χ3v) is 7.70. The van der Waals surface area contributed by atoms with E-state index in [2.05, 4.69) is 33.6 Å². The van der Waals surface area contributed by atoms with Gasteiger partial charge in [-0.2, -0.15) is 0 Å². The Morgan fingerprint density at radius 1 is 0.923 bits per heavy atom. The van der Waals surface area contributed by atoms with E-state index in [1.54, 1.807) is 19.3 Å². The van der Waals surface area contributed by atoms with E-state index in [-0.39, 0.29) is 0 Å².